The van der Waals surface area contributed by atoms with Gasteiger partial charge in [-0.3, -0.25) is 0 Å². The van der Waals surface area contributed by atoms with Gasteiger partial charge in [0.25, 0.3) is 0 Å². The van der Waals surface area contributed by atoms with E-state index in [1.807, 2.05) is 0 Å². The van der Waals surface area contributed by atoms with Crippen molar-refractivity contribution in [1.29, 1.82) is 0 Å². The van der Waals surface area contributed by atoms with Gasteiger partial charge >= 0.3 is 0 Å². The van der Waals surface area contributed by atoms with Crippen molar-refractivity contribution in [3.8, 4) is 100 Å². The van der Waals surface area contributed by atoms with E-state index >= 15 is 0 Å². The summed E-state index contributed by atoms with van der Waals surface area (Å²) in [6.07, 6.45) is 2.78. The summed E-state index contributed by atoms with van der Waals surface area (Å²) in [6.45, 7) is 24.8. The van der Waals surface area contributed by atoms with Crippen molar-refractivity contribution in [2.24, 2.45) is 0 Å². The molecule has 12 aromatic rings. The smallest absolute Gasteiger partial charge is 0.0730 e. The Morgan fingerprint density at radius 3 is 0.580 bits per heavy atom. The third-order valence-electron chi connectivity index (χ3n) is 19.9. The quantitative estimate of drug-likeness (QED) is 0.0797. The molecular weight excluding hydrogens is 1070 g/mol. The summed E-state index contributed by atoms with van der Waals surface area (Å²) < 4.78 is 0. The zero-order valence-corrected chi connectivity index (χ0v) is 53.6. The van der Waals surface area contributed by atoms with Gasteiger partial charge in [-0.25, -0.2) is 0 Å². The van der Waals surface area contributed by atoms with Crippen LogP contribution in [0.1, 0.15) is 61.1 Å². The highest BCUT2D eigenvalue weighted by Gasteiger charge is 2.62. The number of allylic oxidation sites excluding steroid dienone is 4. The van der Waals surface area contributed by atoms with E-state index < -0.39 is 13.1 Å². The average Bonchev–Trinajstić information content (AvgIpc) is 1.01. The van der Waals surface area contributed by atoms with Crippen LogP contribution in [-0.4, -0.2) is 8.07 Å². The molecule has 88 heavy (non-hydrogen) atoms. The molecule has 13 rings (SSSR count). The molecular formula is C87H76Si. The van der Waals surface area contributed by atoms with Gasteiger partial charge in [0, 0.05) is 5.04 Å². The molecule has 0 saturated carbocycles. The van der Waals surface area contributed by atoms with E-state index in [0.717, 1.165) is 0 Å². The van der Waals surface area contributed by atoms with Crippen LogP contribution in [0.2, 0.25) is 5.04 Å². The van der Waals surface area contributed by atoms with E-state index in [4.69, 9.17) is 0 Å². The minimum atomic E-state index is -4.27. The zero-order valence-electron chi connectivity index (χ0n) is 52.6. The SMILES string of the molecule is CC1=CC(C)([Si](c2c(C)c(-c3ccccc3)c(C)c(-c3ccccc3)c2-c2ccccc2)(c2c(C)c(-c3ccccc3)c(C)c(-c3ccccc3)c2-c2ccccc2)c2c(C)c(-c3ccccc3)c(C)c(-c3ccccc3)c2-c2ccccc2)C(C)=C1C. The van der Waals surface area contributed by atoms with Crippen LogP contribution in [-0.2, 0) is 0 Å². The lowest BCUT2D eigenvalue weighted by Gasteiger charge is -2.53. The molecule has 0 aromatic heterocycles. The fourth-order valence-corrected chi connectivity index (χ4v) is 23.6. The fraction of sp³-hybridized carbons (Fsp3) is 0.126. The van der Waals surface area contributed by atoms with Crippen LogP contribution in [0.4, 0.5) is 0 Å². The molecule has 0 amide bonds. The van der Waals surface area contributed by atoms with E-state index in [-0.39, 0.29) is 0 Å². The maximum Gasteiger partial charge on any atom is 0.164 e. The summed E-state index contributed by atoms with van der Waals surface area (Å²) in [4.78, 5) is 0. The van der Waals surface area contributed by atoms with Gasteiger partial charge in [-0.2, -0.15) is 0 Å². The molecule has 0 radical (unpaired) electrons. The van der Waals surface area contributed by atoms with E-state index in [1.165, 1.54) is 166 Å². The van der Waals surface area contributed by atoms with E-state index in [1.54, 1.807) is 0 Å². The normalized spacial score (nSPS) is 14.1. The molecule has 0 heterocycles. The van der Waals surface area contributed by atoms with Crippen LogP contribution in [0.25, 0.3) is 100 Å². The molecule has 12 aromatic carbocycles. The first kappa shape index (κ1) is 57.4. The fourth-order valence-electron chi connectivity index (χ4n) is 16.1. The summed E-state index contributed by atoms with van der Waals surface area (Å²) >= 11 is 0. The van der Waals surface area contributed by atoms with Crippen molar-refractivity contribution in [3.63, 3.8) is 0 Å². The minimum Gasteiger partial charge on any atom is -0.0730 e. The summed E-state index contributed by atoms with van der Waals surface area (Å²) in [6, 6.07) is 103. The van der Waals surface area contributed by atoms with E-state index in [2.05, 4.69) is 348 Å². The third kappa shape index (κ3) is 9.26. The van der Waals surface area contributed by atoms with Gasteiger partial charge < -0.3 is 0 Å². The van der Waals surface area contributed by atoms with Crippen LogP contribution in [0.3, 0.4) is 0 Å². The lowest BCUT2D eigenvalue weighted by atomic mass is 9.83. The summed E-state index contributed by atoms with van der Waals surface area (Å²) in [5.74, 6) is 0. The van der Waals surface area contributed by atoms with E-state index in [9.17, 15) is 0 Å². The highest BCUT2D eigenvalue weighted by Crippen LogP contribution is 2.59. The van der Waals surface area contributed by atoms with Crippen LogP contribution in [0, 0.1) is 41.5 Å². The lowest BCUT2D eigenvalue weighted by Crippen LogP contribution is -2.76. The van der Waals surface area contributed by atoms with Gasteiger partial charge in [0.1, 0.15) is 0 Å². The molecule has 1 unspecified atom stereocenters. The number of benzene rings is 12. The van der Waals surface area contributed by atoms with Crippen molar-refractivity contribution in [2.75, 3.05) is 0 Å². The molecule has 1 aliphatic rings. The maximum absolute atomic E-state index is 4.27. The minimum absolute atomic E-state index is 0.677. The second-order valence-electron chi connectivity index (χ2n) is 24.6. The molecule has 1 aliphatic carbocycles. The monoisotopic (exact) mass is 1150 g/mol. The molecule has 0 spiro atoms. The first-order valence-corrected chi connectivity index (χ1v) is 33.3. The van der Waals surface area contributed by atoms with Gasteiger partial charge in [-0.1, -0.05) is 297 Å². The summed E-state index contributed by atoms with van der Waals surface area (Å²) in [7, 11) is -4.27. The van der Waals surface area contributed by atoms with Crippen LogP contribution < -0.4 is 15.6 Å². The zero-order chi connectivity index (χ0) is 60.8. The number of hydrogen-bond acceptors (Lipinski definition) is 0. The Kier molecular flexibility index (Phi) is 15.4. The molecule has 0 aliphatic heterocycles. The maximum atomic E-state index is 2.78. The van der Waals surface area contributed by atoms with Crippen LogP contribution in [0.15, 0.2) is 296 Å². The molecule has 0 nitrogen and oxygen atoms in total. The van der Waals surface area contributed by atoms with Crippen molar-refractivity contribution in [3.05, 3.63) is 329 Å². The molecule has 428 valence electrons. The van der Waals surface area contributed by atoms with Gasteiger partial charge in [-0.05, 0) is 217 Å². The van der Waals surface area contributed by atoms with Crippen LogP contribution >= 0.6 is 0 Å². The highest BCUT2D eigenvalue weighted by molar-refractivity contribution is 7.17. The molecule has 0 saturated heterocycles. The Labute approximate surface area is 524 Å². The summed E-state index contributed by atoms with van der Waals surface area (Å²) in [5, 5.41) is 3.59. The van der Waals surface area contributed by atoms with Crippen molar-refractivity contribution >= 4 is 23.6 Å². The first-order valence-electron chi connectivity index (χ1n) is 31.3. The molecule has 1 heteroatoms. The van der Waals surface area contributed by atoms with Crippen LogP contribution in [0.5, 0.6) is 0 Å². The number of hydrogen-bond donors (Lipinski definition) is 0. The lowest BCUT2D eigenvalue weighted by molar-refractivity contribution is 0.869. The third-order valence-corrected chi connectivity index (χ3v) is 26.1. The Morgan fingerprint density at radius 2 is 0.398 bits per heavy atom. The van der Waals surface area contributed by atoms with Gasteiger partial charge in [-0.15, -0.1) is 0 Å². The highest BCUT2D eigenvalue weighted by atomic mass is 28.3. The predicted octanol–water partition coefficient (Wildman–Crippen LogP) is 22.1. The molecule has 1 atom stereocenters. The first-order chi connectivity index (χ1) is 42.9. The Bertz CT molecular complexity index is 4190. The Hall–Kier alpha value is -9.66. The molecule has 0 N–H and O–H groups in total. The van der Waals surface area contributed by atoms with E-state index in [0.29, 0.717) is 0 Å². The topological polar surface area (TPSA) is 0 Å². The Balaban J connectivity index is 1.49. The standard InChI is InChI=1S/C87H76Si/c1-57-56-87(10,65(9)58(57)2)88(84-62(6)75(66-38-20-11-21-39-66)59(3)78(69-44-26-14-27-45-69)81(84)72-50-32-17-33-51-72,85-63(7)76(67-40-22-12-23-41-67)60(4)79(70-46-28-15-29-47-70)82(85)73-52-34-18-35-53-73)86-64(8)77(68-42-24-13-25-43-68)61(5)80(71-48-30-16-31-49-71)83(86)74-54-36-19-37-55-74/h11-56H,1-10H3. The average molecular weight is 1150 g/mol. The van der Waals surface area contributed by atoms with Gasteiger partial charge in [0.2, 0.25) is 0 Å². The second kappa shape index (κ2) is 23.5. The van der Waals surface area contributed by atoms with Crippen molar-refractivity contribution in [2.45, 2.75) is 74.3 Å². The molecule has 0 bridgehead atoms. The van der Waals surface area contributed by atoms with Crippen molar-refractivity contribution in [1.82, 2.24) is 0 Å². The summed E-state index contributed by atoms with van der Waals surface area (Å²) in [5.41, 5.74) is 34.2. The predicted molar refractivity (Wildman–Crippen MR) is 382 cm³/mol. The number of rotatable bonds is 13. The van der Waals surface area contributed by atoms with Gasteiger partial charge in [0.15, 0.2) is 8.07 Å². The Morgan fingerprint density at radius 1 is 0.216 bits per heavy atom. The molecule has 0 fully saturated rings. The van der Waals surface area contributed by atoms with Gasteiger partial charge in [0.05, 0.1) is 0 Å². The second-order valence-corrected chi connectivity index (χ2v) is 28.6. The largest absolute Gasteiger partial charge is 0.164 e. The van der Waals surface area contributed by atoms with Crippen molar-refractivity contribution < 1.29 is 0 Å².